The highest BCUT2D eigenvalue weighted by atomic mass is 19.1. The van der Waals surface area contributed by atoms with Gasteiger partial charge in [-0.25, -0.2) is 13.6 Å². The fourth-order valence-electron chi connectivity index (χ4n) is 2.00. The van der Waals surface area contributed by atoms with Crippen molar-refractivity contribution in [1.82, 2.24) is 0 Å². The molecule has 110 valence electrons. The summed E-state index contributed by atoms with van der Waals surface area (Å²) in [5, 5.41) is 2.69. The van der Waals surface area contributed by atoms with Gasteiger partial charge in [0.15, 0.2) is 6.04 Å². The van der Waals surface area contributed by atoms with Crippen LogP contribution in [-0.4, -0.2) is 13.1 Å². The Morgan fingerprint density at radius 2 is 1.86 bits per heavy atom. The second kappa shape index (κ2) is 6.35. The molecule has 2 aromatic carbocycles. The number of halogens is 2. The van der Waals surface area contributed by atoms with Crippen molar-refractivity contribution >= 4 is 11.7 Å². The third-order valence-corrected chi connectivity index (χ3v) is 3.07. The van der Waals surface area contributed by atoms with Crippen LogP contribution < -0.4 is 5.32 Å². The van der Waals surface area contributed by atoms with Gasteiger partial charge in [0.05, 0.1) is 12.8 Å². The molecule has 0 aliphatic rings. The zero-order chi connectivity index (χ0) is 15.4. The molecule has 3 nitrogen and oxygen atoms in total. The number of rotatable bonds is 4. The van der Waals surface area contributed by atoms with Crippen molar-refractivity contribution in [3.63, 3.8) is 0 Å². The van der Waals surface area contributed by atoms with Gasteiger partial charge in [-0.3, -0.25) is 0 Å². The van der Waals surface area contributed by atoms with Gasteiger partial charge in [-0.15, -0.1) is 0 Å². The third kappa shape index (κ3) is 3.37. The number of anilines is 1. The molecular formula is C16H15F2NO2. The van der Waals surface area contributed by atoms with E-state index < -0.39 is 23.6 Å². The first-order chi connectivity index (χ1) is 10.0. The van der Waals surface area contributed by atoms with Crippen molar-refractivity contribution in [2.45, 2.75) is 13.0 Å². The molecule has 1 N–H and O–H groups in total. The zero-order valence-electron chi connectivity index (χ0n) is 11.7. The number of carbonyl (C=O) groups is 1. The minimum atomic E-state index is -1.12. The number of aryl methyl sites for hydroxylation is 1. The van der Waals surface area contributed by atoms with E-state index >= 15 is 0 Å². The summed E-state index contributed by atoms with van der Waals surface area (Å²) in [6.07, 6.45) is 0. The van der Waals surface area contributed by atoms with Crippen molar-refractivity contribution in [1.29, 1.82) is 0 Å². The summed E-state index contributed by atoms with van der Waals surface area (Å²) < 4.78 is 32.4. The first-order valence-electron chi connectivity index (χ1n) is 6.38. The minimum Gasteiger partial charge on any atom is -0.467 e. The molecule has 0 bridgehead atoms. The summed E-state index contributed by atoms with van der Waals surface area (Å²) >= 11 is 0. The molecule has 1 atom stereocenters. The fourth-order valence-corrected chi connectivity index (χ4v) is 2.00. The highest BCUT2D eigenvalue weighted by molar-refractivity contribution is 5.81. The lowest BCUT2D eigenvalue weighted by molar-refractivity contribution is -0.141. The second-order valence-electron chi connectivity index (χ2n) is 4.61. The lowest BCUT2D eigenvalue weighted by Crippen LogP contribution is -2.24. The van der Waals surface area contributed by atoms with Gasteiger partial charge in [0.25, 0.3) is 0 Å². The molecule has 0 heterocycles. The van der Waals surface area contributed by atoms with Crippen molar-refractivity contribution in [2.24, 2.45) is 0 Å². The Balaban J connectivity index is 2.42. The number of esters is 1. The molecule has 2 aromatic rings. The van der Waals surface area contributed by atoms with Gasteiger partial charge in [-0.1, -0.05) is 29.8 Å². The van der Waals surface area contributed by atoms with E-state index in [1.807, 2.05) is 0 Å². The number of benzene rings is 2. The normalized spacial score (nSPS) is 11.8. The van der Waals surface area contributed by atoms with E-state index in [-0.39, 0.29) is 11.3 Å². The first kappa shape index (κ1) is 15.0. The Morgan fingerprint density at radius 3 is 2.52 bits per heavy atom. The highest BCUT2D eigenvalue weighted by Gasteiger charge is 2.25. The fraction of sp³-hybridized carbons (Fsp3) is 0.188. The Kier molecular flexibility index (Phi) is 4.52. The summed E-state index contributed by atoms with van der Waals surface area (Å²) in [6.45, 7) is 1.78. The van der Waals surface area contributed by atoms with E-state index in [4.69, 9.17) is 0 Å². The highest BCUT2D eigenvalue weighted by Crippen LogP contribution is 2.25. The van der Waals surface area contributed by atoms with Crippen molar-refractivity contribution in [3.05, 3.63) is 65.2 Å². The SMILES string of the molecule is COC(=O)C(Nc1ccccc1F)c1cc(C)ccc1F. The number of ether oxygens (including phenoxy) is 1. The predicted octanol–water partition coefficient (Wildman–Crippen LogP) is 3.60. The van der Waals surface area contributed by atoms with Crippen LogP contribution >= 0.6 is 0 Å². The lowest BCUT2D eigenvalue weighted by atomic mass is 10.0. The van der Waals surface area contributed by atoms with Gasteiger partial charge in [-0.05, 0) is 25.1 Å². The Morgan fingerprint density at radius 1 is 1.14 bits per heavy atom. The van der Waals surface area contributed by atoms with Crippen molar-refractivity contribution < 1.29 is 18.3 Å². The molecule has 5 heteroatoms. The van der Waals surface area contributed by atoms with Crippen LogP contribution in [0.2, 0.25) is 0 Å². The maximum absolute atomic E-state index is 14.0. The van der Waals surface area contributed by atoms with Gasteiger partial charge in [0, 0.05) is 5.56 Å². The number of para-hydroxylation sites is 1. The van der Waals surface area contributed by atoms with Crippen LogP contribution in [0.5, 0.6) is 0 Å². The van der Waals surface area contributed by atoms with Gasteiger partial charge < -0.3 is 10.1 Å². The summed E-state index contributed by atoms with van der Waals surface area (Å²) in [4.78, 5) is 11.9. The van der Waals surface area contributed by atoms with Gasteiger partial charge in [0.1, 0.15) is 11.6 Å². The van der Waals surface area contributed by atoms with E-state index in [2.05, 4.69) is 10.1 Å². The van der Waals surface area contributed by atoms with Crippen molar-refractivity contribution in [2.75, 3.05) is 12.4 Å². The molecule has 0 aromatic heterocycles. The topological polar surface area (TPSA) is 38.3 Å². The first-order valence-corrected chi connectivity index (χ1v) is 6.38. The maximum Gasteiger partial charge on any atom is 0.333 e. The van der Waals surface area contributed by atoms with Gasteiger partial charge in [0.2, 0.25) is 0 Å². The maximum atomic E-state index is 14.0. The van der Waals surface area contributed by atoms with Gasteiger partial charge in [-0.2, -0.15) is 0 Å². The summed E-state index contributed by atoms with van der Waals surface area (Å²) in [5.74, 6) is -1.78. The smallest absolute Gasteiger partial charge is 0.333 e. The van der Waals surface area contributed by atoms with E-state index in [9.17, 15) is 13.6 Å². The molecular weight excluding hydrogens is 276 g/mol. The monoisotopic (exact) mass is 291 g/mol. The minimum absolute atomic E-state index is 0.105. The van der Waals surface area contributed by atoms with E-state index in [1.165, 1.54) is 37.4 Å². The standard InChI is InChI=1S/C16H15F2NO2/c1-10-7-8-12(17)11(9-10)15(16(20)21-2)19-14-6-4-3-5-13(14)18/h3-9,15,19H,1-2H3. The Bertz CT molecular complexity index is 658. The lowest BCUT2D eigenvalue weighted by Gasteiger charge is -2.19. The molecule has 0 saturated heterocycles. The number of hydrogen-bond acceptors (Lipinski definition) is 3. The molecule has 0 spiro atoms. The zero-order valence-corrected chi connectivity index (χ0v) is 11.7. The summed E-state index contributed by atoms with van der Waals surface area (Å²) in [5.41, 5.74) is 1.01. The van der Waals surface area contributed by atoms with E-state index in [0.717, 1.165) is 5.56 Å². The van der Waals surface area contributed by atoms with E-state index in [1.54, 1.807) is 19.1 Å². The average molecular weight is 291 g/mol. The quantitative estimate of drug-likeness (QED) is 0.875. The summed E-state index contributed by atoms with van der Waals surface area (Å²) in [6, 6.07) is 9.15. The van der Waals surface area contributed by atoms with E-state index in [0.29, 0.717) is 0 Å². The molecule has 0 fully saturated rings. The van der Waals surface area contributed by atoms with Crippen LogP contribution in [0.3, 0.4) is 0 Å². The molecule has 0 aliphatic carbocycles. The predicted molar refractivity (Wildman–Crippen MR) is 75.9 cm³/mol. The largest absolute Gasteiger partial charge is 0.467 e. The van der Waals surface area contributed by atoms with Crippen LogP contribution in [0.4, 0.5) is 14.5 Å². The van der Waals surface area contributed by atoms with Crippen LogP contribution in [0, 0.1) is 18.6 Å². The van der Waals surface area contributed by atoms with Crippen LogP contribution in [0.25, 0.3) is 0 Å². The molecule has 21 heavy (non-hydrogen) atoms. The van der Waals surface area contributed by atoms with Crippen LogP contribution in [0.15, 0.2) is 42.5 Å². The van der Waals surface area contributed by atoms with Gasteiger partial charge >= 0.3 is 5.97 Å². The Hall–Kier alpha value is -2.43. The second-order valence-corrected chi connectivity index (χ2v) is 4.61. The molecule has 1 unspecified atom stereocenters. The molecule has 0 aliphatic heterocycles. The van der Waals surface area contributed by atoms with Crippen LogP contribution in [-0.2, 0) is 9.53 Å². The number of hydrogen-bond donors (Lipinski definition) is 1. The van der Waals surface area contributed by atoms with Crippen molar-refractivity contribution in [3.8, 4) is 0 Å². The number of methoxy groups -OCH3 is 1. The average Bonchev–Trinajstić information content (AvgIpc) is 2.48. The molecule has 0 amide bonds. The Labute approximate surface area is 121 Å². The number of nitrogens with one attached hydrogen (secondary N) is 1. The molecule has 2 rings (SSSR count). The molecule has 0 saturated carbocycles. The van der Waals surface area contributed by atoms with Crippen LogP contribution in [0.1, 0.15) is 17.2 Å². The molecule has 0 radical (unpaired) electrons. The number of carbonyl (C=O) groups excluding carboxylic acids is 1. The summed E-state index contributed by atoms with van der Waals surface area (Å²) in [7, 11) is 1.20. The third-order valence-electron chi connectivity index (χ3n) is 3.07.